The van der Waals surface area contributed by atoms with Gasteiger partial charge in [-0.2, -0.15) is 13.2 Å². The van der Waals surface area contributed by atoms with E-state index in [-0.39, 0.29) is 6.54 Å². The van der Waals surface area contributed by atoms with Crippen LogP contribution in [0.5, 0.6) is 0 Å². The molecule has 0 aliphatic carbocycles. The number of carbonyl (C=O) groups excluding carboxylic acids is 1. The lowest BCUT2D eigenvalue weighted by molar-refractivity contribution is -0.121. The van der Waals surface area contributed by atoms with Crippen LogP contribution in [-0.2, 0) is 4.79 Å². The van der Waals surface area contributed by atoms with Gasteiger partial charge in [0.15, 0.2) is 0 Å². The molecule has 0 aromatic carbocycles. The summed E-state index contributed by atoms with van der Waals surface area (Å²) in [5.74, 6) is -1.53. The van der Waals surface area contributed by atoms with Gasteiger partial charge < -0.3 is 5.73 Å². The summed E-state index contributed by atoms with van der Waals surface area (Å²) < 4.78 is 36.5. The van der Waals surface area contributed by atoms with Gasteiger partial charge >= 0.3 is 6.18 Å². The topological polar surface area (TPSA) is 55.5 Å². The van der Waals surface area contributed by atoms with Crippen LogP contribution in [0.1, 0.15) is 6.92 Å². The quantitative estimate of drug-likeness (QED) is 0.697. The Kier molecular flexibility index (Phi) is 2.75. The smallest absolute Gasteiger partial charge is 0.329 e. The van der Waals surface area contributed by atoms with Gasteiger partial charge in [-0.3, -0.25) is 4.79 Å². The highest BCUT2D eigenvalue weighted by Gasteiger charge is 2.38. The number of halogens is 3. The van der Waals surface area contributed by atoms with Gasteiger partial charge in [0, 0.05) is 6.54 Å². The Balaban J connectivity index is 3.02. The van der Waals surface area contributed by atoms with Crippen molar-refractivity contribution in [3.63, 3.8) is 0 Å². The molecule has 0 saturated carbocycles. The van der Waals surface area contributed by atoms with Crippen molar-refractivity contribution in [1.29, 1.82) is 0 Å². The summed E-state index contributed by atoms with van der Waals surface area (Å²) in [5, 5.41) is 0. The number of nitrogens with two attached hydrogens (primary N) is 1. The van der Waals surface area contributed by atoms with E-state index in [1.54, 1.807) is 0 Å². The monoisotopic (exact) mass is 206 g/mol. The molecule has 0 saturated heterocycles. The van der Waals surface area contributed by atoms with Crippen molar-refractivity contribution >= 4 is 11.6 Å². The van der Waals surface area contributed by atoms with E-state index in [1.807, 2.05) is 0 Å². The Morgan fingerprint density at radius 2 is 2.14 bits per heavy atom. The number of nitrogens with zero attached hydrogens (tertiary/aromatic N) is 1. The standard InChI is InChI=1S/C8H9F3N2O/c1-4-2-6(8(9,10)11)13-7(14)5(4)3-12/h2,5H,3,12H2,1H3. The van der Waals surface area contributed by atoms with Crippen molar-refractivity contribution in [2.75, 3.05) is 6.54 Å². The SMILES string of the molecule is CC1=CC(C(F)(F)F)=NC(=O)C1CN. The van der Waals surface area contributed by atoms with Crippen LogP contribution >= 0.6 is 0 Å². The molecule has 1 atom stereocenters. The number of allylic oxidation sites excluding steroid dienone is 1. The molecule has 1 heterocycles. The number of hydrogen-bond acceptors (Lipinski definition) is 2. The fourth-order valence-corrected chi connectivity index (χ4v) is 1.17. The van der Waals surface area contributed by atoms with Gasteiger partial charge in [0.2, 0.25) is 0 Å². The largest absolute Gasteiger partial charge is 0.433 e. The van der Waals surface area contributed by atoms with Gasteiger partial charge in [-0.15, -0.1) is 0 Å². The van der Waals surface area contributed by atoms with Crippen LogP contribution < -0.4 is 5.73 Å². The summed E-state index contributed by atoms with van der Waals surface area (Å²) in [6.45, 7) is 1.42. The maximum Gasteiger partial charge on any atom is 0.433 e. The zero-order valence-corrected chi connectivity index (χ0v) is 7.43. The fraction of sp³-hybridized carbons (Fsp3) is 0.500. The van der Waals surface area contributed by atoms with Crippen LogP contribution in [0.2, 0.25) is 0 Å². The lowest BCUT2D eigenvalue weighted by Gasteiger charge is -2.18. The average Bonchev–Trinajstić information content (AvgIpc) is 2.01. The highest BCUT2D eigenvalue weighted by Crippen LogP contribution is 2.25. The van der Waals surface area contributed by atoms with Crippen LogP contribution in [0.15, 0.2) is 16.6 Å². The van der Waals surface area contributed by atoms with Gasteiger partial charge in [0.25, 0.3) is 5.91 Å². The number of rotatable bonds is 1. The molecule has 2 N–H and O–H groups in total. The second-order valence-corrected chi connectivity index (χ2v) is 3.01. The summed E-state index contributed by atoms with van der Waals surface area (Å²) in [4.78, 5) is 14.0. The molecule has 0 aromatic rings. The molecule has 3 nitrogen and oxygen atoms in total. The first-order valence-electron chi connectivity index (χ1n) is 3.94. The molecule has 0 radical (unpaired) electrons. The second kappa shape index (κ2) is 3.53. The number of hydrogen-bond donors (Lipinski definition) is 1. The van der Waals surface area contributed by atoms with E-state index in [0.29, 0.717) is 5.57 Å². The van der Waals surface area contributed by atoms with Crippen LogP contribution in [0.3, 0.4) is 0 Å². The first-order chi connectivity index (χ1) is 6.36. The van der Waals surface area contributed by atoms with Crippen molar-refractivity contribution in [3.8, 4) is 0 Å². The molecule has 1 amide bonds. The Hall–Kier alpha value is -1.17. The molecule has 1 aliphatic heterocycles. The van der Waals surface area contributed by atoms with Crippen LogP contribution in [0, 0.1) is 5.92 Å². The molecule has 1 aliphatic rings. The van der Waals surface area contributed by atoms with Crippen LogP contribution in [0.4, 0.5) is 13.2 Å². The number of aliphatic imine (C=N–C) groups is 1. The number of alkyl halides is 3. The maximum atomic E-state index is 12.2. The van der Waals surface area contributed by atoms with Crippen LogP contribution in [-0.4, -0.2) is 24.3 Å². The van der Waals surface area contributed by atoms with E-state index in [2.05, 4.69) is 4.99 Å². The lowest BCUT2D eigenvalue weighted by atomic mass is 9.96. The molecule has 0 bridgehead atoms. The van der Waals surface area contributed by atoms with Crippen molar-refractivity contribution in [1.82, 2.24) is 0 Å². The summed E-state index contributed by atoms with van der Waals surface area (Å²) >= 11 is 0. The fourth-order valence-electron chi connectivity index (χ4n) is 1.17. The van der Waals surface area contributed by atoms with Crippen molar-refractivity contribution in [3.05, 3.63) is 11.6 Å². The molecular formula is C8H9F3N2O. The minimum Gasteiger partial charge on any atom is -0.329 e. The molecule has 0 spiro atoms. The maximum absolute atomic E-state index is 12.2. The average molecular weight is 206 g/mol. The molecular weight excluding hydrogens is 197 g/mol. The van der Waals surface area contributed by atoms with E-state index in [0.717, 1.165) is 6.08 Å². The molecule has 78 valence electrons. The minimum atomic E-state index is -4.57. The van der Waals surface area contributed by atoms with E-state index in [1.165, 1.54) is 6.92 Å². The third-order valence-corrected chi connectivity index (χ3v) is 1.97. The van der Waals surface area contributed by atoms with Gasteiger partial charge in [0.1, 0.15) is 5.71 Å². The molecule has 1 unspecified atom stereocenters. The number of amides is 1. The van der Waals surface area contributed by atoms with E-state index in [9.17, 15) is 18.0 Å². The first kappa shape index (κ1) is 10.9. The summed E-state index contributed by atoms with van der Waals surface area (Å²) in [6, 6.07) is 0. The Labute approximate surface area is 78.5 Å². The molecule has 14 heavy (non-hydrogen) atoms. The third kappa shape index (κ3) is 2.01. The highest BCUT2D eigenvalue weighted by atomic mass is 19.4. The molecule has 1 rings (SSSR count). The molecule has 0 fully saturated rings. The summed E-state index contributed by atoms with van der Waals surface area (Å²) in [7, 11) is 0. The zero-order chi connectivity index (χ0) is 10.9. The van der Waals surface area contributed by atoms with Gasteiger partial charge in [-0.25, -0.2) is 4.99 Å². The molecule has 6 heteroatoms. The highest BCUT2D eigenvalue weighted by molar-refractivity contribution is 6.09. The van der Waals surface area contributed by atoms with Crippen molar-refractivity contribution in [2.24, 2.45) is 16.6 Å². The van der Waals surface area contributed by atoms with Gasteiger partial charge in [0.05, 0.1) is 5.92 Å². The predicted molar refractivity (Wildman–Crippen MR) is 44.8 cm³/mol. The van der Waals surface area contributed by atoms with E-state index < -0.39 is 23.7 Å². The normalized spacial score (nSPS) is 23.2. The first-order valence-corrected chi connectivity index (χ1v) is 3.94. The zero-order valence-electron chi connectivity index (χ0n) is 7.43. The lowest BCUT2D eigenvalue weighted by Crippen LogP contribution is -2.32. The van der Waals surface area contributed by atoms with Crippen LogP contribution in [0.25, 0.3) is 0 Å². The Bertz CT molecular complexity index is 317. The molecule has 0 aromatic heterocycles. The predicted octanol–water partition coefficient (Wildman–Crippen LogP) is 1.05. The van der Waals surface area contributed by atoms with E-state index in [4.69, 9.17) is 5.73 Å². The minimum absolute atomic E-state index is 0.0181. The Morgan fingerprint density at radius 1 is 1.57 bits per heavy atom. The van der Waals surface area contributed by atoms with Crippen molar-refractivity contribution < 1.29 is 18.0 Å². The van der Waals surface area contributed by atoms with Crippen molar-refractivity contribution in [2.45, 2.75) is 13.1 Å². The number of dihydropyridines is 1. The van der Waals surface area contributed by atoms with Gasteiger partial charge in [-0.05, 0) is 13.0 Å². The number of carbonyl (C=O) groups is 1. The van der Waals surface area contributed by atoms with Gasteiger partial charge in [-0.1, -0.05) is 5.57 Å². The Morgan fingerprint density at radius 3 is 2.50 bits per heavy atom. The van der Waals surface area contributed by atoms with E-state index >= 15 is 0 Å². The second-order valence-electron chi connectivity index (χ2n) is 3.01. The summed E-state index contributed by atoms with van der Waals surface area (Å²) in [6.07, 6.45) is -3.71. The summed E-state index contributed by atoms with van der Waals surface area (Å²) in [5.41, 5.74) is 4.38. The third-order valence-electron chi connectivity index (χ3n) is 1.97.